The van der Waals surface area contributed by atoms with Gasteiger partial charge in [0.1, 0.15) is 17.4 Å². The molecular formula is C22H18F2N2O3. The highest BCUT2D eigenvalue weighted by molar-refractivity contribution is 6.10. The molecule has 0 saturated heterocycles. The van der Waals surface area contributed by atoms with Crippen LogP contribution in [0.1, 0.15) is 27.6 Å². The fourth-order valence-corrected chi connectivity index (χ4v) is 2.66. The third-order valence-electron chi connectivity index (χ3n) is 3.95. The SMILES string of the molecule is CCOc1ccc(C(=O)Nc2cccc(F)c2)cc1C(=O)Nc1cccc(F)c1. The minimum absolute atomic E-state index is 0.114. The Morgan fingerprint density at radius 1 is 0.828 bits per heavy atom. The summed E-state index contributed by atoms with van der Waals surface area (Å²) in [6.45, 7) is 2.08. The second-order valence-electron chi connectivity index (χ2n) is 6.07. The molecule has 0 aliphatic rings. The number of carbonyl (C=O) groups is 2. The van der Waals surface area contributed by atoms with Gasteiger partial charge in [-0.2, -0.15) is 0 Å². The zero-order chi connectivity index (χ0) is 20.8. The van der Waals surface area contributed by atoms with E-state index < -0.39 is 23.4 Å². The Balaban J connectivity index is 1.86. The van der Waals surface area contributed by atoms with Crippen molar-refractivity contribution < 1.29 is 23.1 Å². The van der Waals surface area contributed by atoms with Gasteiger partial charge >= 0.3 is 0 Å². The molecule has 3 aromatic rings. The number of nitrogens with one attached hydrogen (secondary N) is 2. The summed E-state index contributed by atoms with van der Waals surface area (Å²) in [5.41, 5.74) is 0.854. The number of amides is 2. The van der Waals surface area contributed by atoms with Gasteiger partial charge in [0.05, 0.1) is 12.2 Å². The summed E-state index contributed by atoms with van der Waals surface area (Å²) in [6.07, 6.45) is 0. The van der Waals surface area contributed by atoms with Crippen LogP contribution in [0.2, 0.25) is 0 Å². The first-order valence-corrected chi connectivity index (χ1v) is 8.87. The summed E-state index contributed by atoms with van der Waals surface area (Å²) in [5.74, 6) is -1.76. The van der Waals surface area contributed by atoms with Crippen molar-refractivity contribution in [2.24, 2.45) is 0 Å². The maximum absolute atomic E-state index is 13.4. The van der Waals surface area contributed by atoms with Gasteiger partial charge in [0, 0.05) is 16.9 Å². The van der Waals surface area contributed by atoms with Crippen LogP contribution in [0.25, 0.3) is 0 Å². The molecular weight excluding hydrogens is 378 g/mol. The van der Waals surface area contributed by atoms with Gasteiger partial charge in [-0.3, -0.25) is 9.59 Å². The summed E-state index contributed by atoms with van der Waals surface area (Å²) >= 11 is 0. The summed E-state index contributed by atoms with van der Waals surface area (Å²) in [6, 6.07) is 15.3. The lowest BCUT2D eigenvalue weighted by molar-refractivity contribution is 0.102. The number of hydrogen-bond acceptors (Lipinski definition) is 3. The number of carbonyl (C=O) groups excluding carboxylic acids is 2. The highest BCUT2D eigenvalue weighted by Gasteiger charge is 2.17. The molecule has 3 aromatic carbocycles. The lowest BCUT2D eigenvalue weighted by atomic mass is 10.1. The van der Waals surface area contributed by atoms with E-state index in [9.17, 15) is 18.4 Å². The minimum atomic E-state index is -0.556. The van der Waals surface area contributed by atoms with E-state index in [4.69, 9.17) is 4.74 Å². The Morgan fingerprint density at radius 3 is 1.97 bits per heavy atom. The summed E-state index contributed by atoms with van der Waals surface area (Å²) in [5, 5.41) is 5.15. The third kappa shape index (κ3) is 5.16. The van der Waals surface area contributed by atoms with Crippen LogP contribution in [0, 0.1) is 11.6 Å². The first kappa shape index (κ1) is 20.0. The normalized spacial score (nSPS) is 10.3. The maximum atomic E-state index is 13.4. The molecule has 0 saturated carbocycles. The van der Waals surface area contributed by atoms with E-state index in [0.717, 1.165) is 0 Å². The number of anilines is 2. The van der Waals surface area contributed by atoms with Gasteiger partial charge in [-0.25, -0.2) is 8.78 Å². The Bertz CT molecular complexity index is 1050. The molecule has 7 heteroatoms. The van der Waals surface area contributed by atoms with E-state index >= 15 is 0 Å². The van der Waals surface area contributed by atoms with E-state index in [1.807, 2.05) is 0 Å². The van der Waals surface area contributed by atoms with Gasteiger partial charge in [0.2, 0.25) is 0 Å². The fraction of sp³-hybridized carbons (Fsp3) is 0.0909. The van der Waals surface area contributed by atoms with Crippen LogP contribution >= 0.6 is 0 Å². The van der Waals surface area contributed by atoms with Crippen molar-refractivity contribution in [3.8, 4) is 5.75 Å². The predicted molar refractivity (Wildman–Crippen MR) is 106 cm³/mol. The number of rotatable bonds is 6. The second-order valence-corrected chi connectivity index (χ2v) is 6.07. The molecule has 2 N–H and O–H groups in total. The van der Waals surface area contributed by atoms with Gasteiger partial charge in [0.15, 0.2) is 0 Å². The fourth-order valence-electron chi connectivity index (χ4n) is 2.66. The van der Waals surface area contributed by atoms with Gasteiger partial charge in [-0.05, 0) is 61.5 Å². The Hall–Kier alpha value is -3.74. The molecule has 0 bridgehead atoms. The Morgan fingerprint density at radius 2 is 1.41 bits per heavy atom. The average Bonchev–Trinajstić information content (AvgIpc) is 2.68. The van der Waals surface area contributed by atoms with Crippen LogP contribution < -0.4 is 15.4 Å². The van der Waals surface area contributed by atoms with Crippen molar-refractivity contribution in [3.05, 3.63) is 89.5 Å². The topological polar surface area (TPSA) is 67.4 Å². The molecule has 5 nitrogen and oxygen atoms in total. The van der Waals surface area contributed by atoms with Crippen LogP contribution in [-0.2, 0) is 0 Å². The molecule has 0 atom stereocenters. The highest BCUT2D eigenvalue weighted by Crippen LogP contribution is 2.23. The van der Waals surface area contributed by atoms with E-state index in [0.29, 0.717) is 6.61 Å². The van der Waals surface area contributed by atoms with E-state index in [-0.39, 0.29) is 28.3 Å². The monoisotopic (exact) mass is 396 g/mol. The molecule has 0 fully saturated rings. The average molecular weight is 396 g/mol. The van der Waals surface area contributed by atoms with Crippen LogP contribution in [0.4, 0.5) is 20.2 Å². The molecule has 0 aliphatic heterocycles. The Kier molecular flexibility index (Phi) is 6.19. The third-order valence-corrected chi connectivity index (χ3v) is 3.95. The number of hydrogen-bond donors (Lipinski definition) is 2. The van der Waals surface area contributed by atoms with Crippen molar-refractivity contribution in [1.29, 1.82) is 0 Å². The van der Waals surface area contributed by atoms with Crippen LogP contribution in [0.5, 0.6) is 5.75 Å². The minimum Gasteiger partial charge on any atom is -0.493 e. The lowest BCUT2D eigenvalue weighted by Gasteiger charge is -2.13. The van der Waals surface area contributed by atoms with Crippen LogP contribution in [0.3, 0.4) is 0 Å². The van der Waals surface area contributed by atoms with Gasteiger partial charge in [-0.1, -0.05) is 12.1 Å². The molecule has 0 heterocycles. The first-order valence-electron chi connectivity index (χ1n) is 8.87. The van der Waals surface area contributed by atoms with Gasteiger partial charge < -0.3 is 15.4 Å². The predicted octanol–water partition coefficient (Wildman–Crippen LogP) is 4.87. The summed E-state index contributed by atoms with van der Waals surface area (Å²) in [7, 11) is 0. The molecule has 148 valence electrons. The summed E-state index contributed by atoms with van der Waals surface area (Å²) in [4.78, 5) is 25.2. The quantitative estimate of drug-likeness (QED) is 0.625. The molecule has 2 amide bonds. The maximum Gasteiger partial charge on any atom is 0.259 e. The Labute approximate surface area is 166 Å². The van der Waals surface area contributed by atoms with Gasteiger partial charge in [0.25, 0.3) is 11.8 Å². The zero-order valence-corrected chi connectivity index (χ0v) is 15.5. The smallest absolute Gasteiger partial charge is 0.259 e. The van der Waals surface area contributed by atoms with E-state index in [1.165, 1.54) is 54.6 Å². The number of benzene rings is 3. The molecule has 0 aliphatic carbocycles. The molecule has 3 rings (SSSR count). The first-order chi connectivity index (χ1) is 14.0. The van der Waals surface area contributed by atoms with Crippen molar-refractivity contribution in [2.45, 2.75) is 6.92 Å². The number of ether oxygens (including phenoxy) is 1. The molecule has 29 heavy (non-hydrogen) atoms. The number of halogens is 2. The van der Waals surface area contributed by atoms with Crippen LogP contribution in [-0.4, -0.2) is 18.4 Å². The zero-order valence-electron chi connectivity index (χ0n) is 15.5. The highest BCUT2D eigenvalue weighted by atomic mass is 19.1. The molecule has 0 spiro atoms. The summed E-state index contributed by atoms with van der Waals surface area (Å²) < 4.78 is 32.2. The van der Waals surface area contributed by atoms with Crippen molar-refractivity contribution in [1.82, 2.24) is 0 Å². The van der Waals surface area contributed by atoms with Crippen molar-refractivity contribution in [2.75, 3.05) is 17.2 Å². The van der Waals surface area contributed by atoms with E-state index in [2.05, 4.69) is 10.6 Å². The standard InChI is InChI=1S/C22H18F2N2O3/c1-2-29-20-10-9-14(21(27)25-17-7-3-5-15(23)12-17)11-19(20)22(28)26-18-8-4-6-16(24)13-18/h3-13H,2H2,1H3,(H,25,27)(H,26,28). The largest absolute Gasteiger partial charge is 0.493 e. The van der Waals surface area contributed by atoms with Crippen molar-refractivity contribution >= 4 is 23.2 Å². The van der Waals surface area contributed by atoms with Gasteiger partial charge in [-0.15, -0.1) is 0 Å². The van der Waals surface area contributed by atoms with Crippen LogP contribution in [0.15, 0.2) is 66.7 Å². The molecule has 0 radical (unpaired) electrons. The molecule has 0 unspecified atom stereocenters. The second kappa shape index (κ2) is 8.97. The molecule has 0 aromatic heterocycles. The lowest BCUT2D eigenvalue weighted by Crippen LogP contribution is -2.17. The van der Waals surface area contributed by atoms with Crippen molar-refractivity contribution in [3.63, 3.8) is 0 Å². The van der Waals surface area contributed by atoms with E-state index in [1.54, 1.807) is 19.1 Å².